The Morgan fingerprint density at radius 2 is 2.00 bits per heavy atom. The summed E-state index contributed by atoms with van der Waals surface area (Å²) in [4.78, 5) is 25.5. The van der Waals surface area contributed by atoms with Crippen molar-refractivity contribution in [3.63, 3.8) is 0 Å². The Bertz CT molecular complexity index is 508. The molecule has 1 heterocycles. The molecule has 0 radical (unpaired) electrons. The van der Waals surface area contributed by atoms with Gasteiger partial charge in [-0.05, 0) is 26.3 Å². The van der Waals surface area contributed by atoms with Crippen LogP contribution in [-0.4, -0.2) is 35.1 Å². The molecule has 1 aliphatic rings. The first-order valence-electron chi connectivity index (χ1n) is 7.15. The lowest BCUT2D eigenvalue weighted by Crippen LogP contribution is -2.40. The van der Waals surface area contributed by atoms with Gasteiger partial charge in [-0.25, -0.2) is 4.79 Å². The summed E-state index contributed by atoms with van der Waals surface area (Å²) >= 11 is 0. The van der Waals surface area contributed by atoms with Crippen LogP contribution in [0.2, 0.25) is 0 Å². The van der Waals surface area contributed by atoms with Crippen LogP contribution in [0.4, 0.5) is 4.79 Å². The molecule has 1 N–H and O–H groups in total. The molecule has 1 atom stereocenters. The third-order valence-electron chi connectivity index (χ3n) is 3.15. The fraction of sp³-hybridized carbons (Fsp3) is 0.500. The maximum absolute atomic E-state index is 12.0. The van der Waals surface area contributed by atoms with E-state index in [1.807, 2.05) is 51.1 Å². The van der Waals surface area contributed by atoms with E-state index in [1.54, 1.807) is 4.90 Å². The molecular weight excluding hydrogens is 268 g/mol. The Labute approximate surface area is 125 Å². The van der Waals surface area contributed by atoms with E-state index in [0.717, 1.165) is 5.56 Å². The van der Waals surface area contributed by atoms with E-state index < -0.39 is 11.7 Å². The molecule has 0 saturated carbocycles. The molecule has 1 aromatic carbocycles. The number of carbonyl (C=O) groups is 2. The Morgan fingerprint density at radius 3 is 2.62 bits per heavy atom. The molecule has 21 heavy (non-hydrogen) atoms. The van der Waals surface area contributed by atoms with E-state index in [0.29, 0.717) is 19.5 Å². The van der Waals surface area contributed by atoms with Crippen LogP contribution in [0.15, 0.2) is 30.3 Å². The number of nitrogens with zero attached hydrogens (tertiary/aromatic N) is 1. The standard InChI is InChI=1S/C16H22N2O3/c1-16(2,3)21-15(20)17-13-9-14(19)18(11-13)10-12-7-5-4-6-8-12/h4-8,13H,9-11H2,1-3H3,(H,17,20)/t13-/m0/s1. The van der Waals surface area contributed by atoms with Crippen molar-refractivity contribution in [2.75, 3.05) is 6.54 Å². The predicted octanol–water partition coefficient (Wildman–Crippen LogP) is 2.31. The van der Waals surface area contributed by atoms with Gasteiger partial charge < -0.3 is 15.0 Å². The van der Waals surface area contributed by atoms with Gasteiger partial charge in [0.25, 0.3) is 0 Å². The summed E-state index contributed by atoms with van der Waals surface area (Å²) in [5.41, 5.74) is 0.555. The second-order valence-electron chi connectivity index (χ2n) is 6.31. The zero-order valence-corrected chi connectivity index (χ0v) is 12.8. The van der Waals surface area contributed by atoms with Gasteiger partial charge in [0.05, 0.1) is 6.04 Å². The fourth-order valence-corrected chi connectivity index (χ4v) is 2.30. The van der Waals surface area contributed by atoms with Gasteiger partial charge in [0.15, 0.2) is 0 Å². The van der Waals surface area contributed by atoms with Crippen LogP contribution in [-0.2, 0) is 16.1 Å². The molecule has 0 spiro atoms. The fourth-order valence-electron chi connectivity index (χ4n) is 2.30. The second-order valence-corrected chi connectivity index (χ2v) is 6.31. The monoisotopic (exact) mass is 290 g/mol. The quantitative estimate of drug-likeness (QED) is 0.929. The molecule has 5 heteroatoms. The molecule has 0 aromatic heterocycles. The minimum absolute atomic E-state index is 0.0555. The van der Waals surface area contributed by atoms with E-state index in [9.17, 15) is 9.59 Å². The van der Waals surface area contributed by atoms with Gasteiger partial charge in [0, 0.05) is 19.5 Å². The van der Waals surface area contributed by atoms with Crippen molar-refractivity contribution in [2.24, 2.45) is 0 Å². The number of nitrogens with one attached hydrogen (secondary N) is 1. The van der Waals surface area contributed by atoms with Gasteiger partial charge in [-0.15, -0.1) is 0 Å². The van der Waals surface area contributed by atoms with Gasteiger partial charge in [0.2, 0.25) is 5.91 Å². The predicted molar refractivity (Wildman–Crippen MR) is 79.6 cm³/mol. The summed E-state index contributed by atoms with van der Waals surface area (Å²) in [6.07, 6.45) is -0.145. The number of rotatable bonds is 3. The van der Waals surface area contributed by atoms with Crippen LogP contribution in [0.5, 0.6) is 0 Å². The molecule has 0 aliphatic carbocycles. The highest BCUT2D eigenvalue weighted by molar-refractivity contribution is 5.80. The van der Waals surface area contributed by atoms with Gasteiger partial charge in [-0.3, -0.25) is 4.79 Å². The van der Waals surface area contributed by atoms with Crippen LogP contribution < -0.4 is 5.32 Å². The summed E-state index contributed by atoms with van der Waals surface area (Å²) in [5, 5.41) is 2.76. The Hall–Kier alpha value is -2.04. The first-order valence-corrected chi connectivity index (χ1v) is 7.15. The van der Waals surface area contributed by atoms with Crippen molar-refractivity contribution >= 4 is 12.0 Å². The normalized spacial score (nSPS) is 18.7. The van der Waals surface area contributed by atoms with Gasteiger partial charge in [-0.1, -0.05) is 30.3 Å². The third-order valence-corrected chi connectivity index (χ3v) is 3.15. The summed E-state index contributed by atoms with van der Waals surface area (Å²) in [6.45, 7) is 6.54. The van der Waals surface area contributed by atoms with Crippen LogP contribution in [0, 0.1) is 0 Å². The van der Waals surface area contributed by atoms with E-state index in [1.165, 1.54) is 0 Å². The lowest BCUT2D eigenvalue weighted by atomic mass is 10.2. The topological polar surface area (TPSA) is 58.6 Å². The molecule has 0 unspecified atom stereocenters. The number of hydrogen-bond acceptors (Lipinski definition) is 3. The summed E-state index contributed by atoms with van der Waals surface area (Å²) in [5.74, 6) is 0.0555. The first kappa shape index (κ1) is 15.4. The second kappa shape index (κ2) is 6.16. The molecular formula is C16H22N2O3. The maximum atomic E-state index is 12.0. The van der Waals surface area contributed by atoms with Crippen LogP contribution in [0.1, 0.15) is 32.8 Å². The lowest BCUT2D eigenvalue weighted by molar-refractivity contribution is -0.128. The van der Waals surface area contributed by atoms with Crippen LogP contribution >= 0.6 is 0 Å². The highest BCUT2D eigenvalue weighted by Gasteiger charge is 2.31. The Morgan fingerprint density at radius 1 is 1.33 bits per heavy atom. The Kier molecular flexibility index (Phi) is 4.50. The molecule has 0 bridgehead atoms. The Balaban J connectivity index is 1.86. The molecule has 5 nitrogen and oxygen atoms in total. The lowest BCUT2D eigenvalue weighted by Gasteiger charge is -2.22. The molecule has 1 saturated heterocycles. The number of carbonyl (C=O) groups excluding carboxylic acids is 2. The third kappa shape index (κ3) is 4.77. The first-order chi connectivity index (χ1) is 9.83. The van der Waals surface area contributed by atoms with E-state index in [-0.39, 0.29) is 11.9 Å². The molecule has 2 rings (SSSR count). The van der Waals surface area contributed by atoms with Gasteiger partial charge in [-0.2, -0.15) is 0 Å². The zero-order chi connectivity index (χ0) is 15.5. The van der Waals surface area contributed by atoms with Crippen molar-refractivity contribution in [2.45, 2.75) is 45.4 Å². The average molecular weight is 290 g/mol. The average Bonchev–Trinajstić information content (AvgIpc) is 2.68. The molecule has 2 amide bonds. The van der Waals surface area contributed by atoms with E-state index >= 15 is 0 Å². The van der Waals surface area contributed by atoms with Crippen molar-refractivity contribution in [3.05, 3.63) is 35.9 Å². The number of hydrogen-bond donors (Lipinski definition) is 1. The number of likely N-dealkylation sites (tertiary alicyclic amines) is 1. The molecule has 1 aromatic rings. The van der Waals surface area contributed by atoms with Crippen molar-refractivity contribution in [1.29, 1.82) is 0 Å². The molecule has 114 valence electrons. The van der Waals surface area contributed by atoms with Crippen molar-refractivity contribution in [1.82, 2.24) is 10.2 Å². The largest absolute Gasteiger partial charge is 0.444 e. The van der Waals surface area contributed by atoms with Crippen molar-refractivity contribution < 1.29 is 14.3 Å². The molecule has 1 fully saturated rings. The molecule has 1 aliphatic heterocycles. The summed E-state index contributed by atoms with van der Waals surface area (Å²) in [6, 6.07) is 9.64. The maximum Gasteiger partial charge on any atom is 0.407 e. The number of amides is 2. The highest BCUT2D eigenvalue weighted by Crippen LogP contribution is 2.16. The van der Waals surface area contributed by atoms with E-state index in [2.05, 4.69) is 5.32 Å². The summed E-state index contributed by atoms with van der Waals surface area (Å²) < 4.78 is 5.21. The minimum atomic E-state index is -0.531. The number of ether oxygens (including phenoxy) is 1. The SMILES string of the molecule is CC(C)(C)OC(=O)N[C@H]1CC(=O)N(Cc2ccccc2)C1. The van der Waals surface area contributed by atoms with Gasteiger partial charge in [0.1, 0.15) is 5.60 Å². The number of benzene rings is 1. The van der Waals surface area contributed by atoms with Crippen LogP contribution in [0.25, 0.3) is 0 Å². The summed E-state index contributed by atoms with van der Waals surface area (Å²) in [7, 11) is 0. The minimum Gasteiger partial charge on any atom is -0.444 e. The smallest absolute Gasteiger partial charge is 0.407 e. The van der Waals surface area contributed by atoms with Gasteiger partial charge >= 0.3 is 6.09 Å². The van der Waals surface area contributed by atoms with Crippen molar-refractivity contribution in [3.8, 4) is 0 Å². The highest BCUT2D eigenvalue weighted by atomic mass is 16.6. The number of alkyl carbamates (subject to hydrolysis) is 1. The van der Waals surface area contributed by atoms with E-state index in [4.69, 9.17) is 4.74 Å². The van der Waals surface area contributed by atoms with Crippen LogP contribution in [0.3, 0.4) is 0 Å². The zero-order valence-electron chi connectivity index (χ0n) is 12.8.